The van der Waals surface area contributed by atoms with Crippen LogP contribution in [0.2, 0.25) is 0 Å². The average molecular weight is 784 g/mol. The molecule has 2 amide bonds. The summed E-state index contributed by atoms with van der Waals surface area (Å²) in [6.07, 6.45) is 9.59. The van der Waals surface area contributed by atoms with Crippen LogP contribution in [0.25, 0.3) is 0 Å². The molecule has 0 saturated carbocycles. The number of aliphatic hydroxyl groups is 1. The predicted octanol–water partition coefficient (Wildman–Crippen LogP) is 7.66. The number of carbonyl (C=O) groups is 2. The van der Waals surface area contributed by atoms with Crippen molar-refractivity contribution in [3.63, 3.8) is 0 Å². The minimum atomic E-state index is -0.454. The van der Waals surface area contributed by atoms with Gasteiger partial charge in [0.15, 0.2) is 11.6 Å². The Morgan fingerprint density at radius 2 is 1.16 bits per heavy atom. The lowest BCUT2D eigenvalue weighted by molar-refractivity contribution is -0.148. The van der Waals surface area contributed by atoms with Crippen LogP contribution in [-0.2, 0) is 33.2 Å². The van der Waals surface area contributed by atoms with Crippen molar-refractivity contribution in [3.05, 3.63) is 0 Å². The SMILES string of the molecule is C.CC(C)(C)OC(=O)N1CC[C@@H](O)C1.CC(C)(C)OC(=O)N1CC[C@@H](OCCCCCC2(C)OCCO2)C1.CC1(CCCCCBr)OCCO1. The van der Waals surface area contributed by atoms with E-state index in [0.717, 1.165) is 63.7 Å². The molecule has 12 nitrogen and oxygen atoms in total. The molecule has 0 spiro atoms. The number of nitrogens with zero attached hydrogens (tertiary/aromatic N) is 2. The van der Waals surface area contributed by atoms with Crippen LogP contribution < -0.4 is 0 Å². The number of halogens is 1. The molecule has 296 valence electrons. The third kappa shape index (κ3) is 20.1. The molecule has 13 heteroatoms. The number of β-amino-alcohol motifs (C(OH)–C–C–N with tert-alkyl or cyclic N) is 1. The standard InChI is InChI=1S/C18H33NO5.C9H17BrO2.C9H17NO3.CH4/c1-17(2,3)24-16(20)19-10-8-15(14-19)21-11-7-5-6-9-18(4)22-12-13-23-18;1-9(11-7-8-12-9)5-3-2-4-6-10;1-9(2,3)13-8(12)10-5-4-7(11)6-10;/h15H,5-14H2,1-4H3;2-8H2,1H3;7,11H,4-6H2,1-3H3;1H4/t15-;;7-;/m1.1./s1. The van der Waals surface area contributed by atoms with Gasteiger partial charge in [0.1, 0.15) is 11.2 Å². The van der Waals surface area contributed by atoms with E-state index < -0.39 is 11.2 Å². The van der Waals surface area contributed by atoms with Crippen molar-refractivity contribution in [2.45, 2.75) is 162 Å². The second kappa shape index (κ2) is 22.8. The summed E-state index contributed by atoms with van der Waals surface area (Å²) in [6, 6.07) is 0. The maximum Gasteiger partial charge on any atom is 0.410 e. The van der Waals surface area contributed by atoms with E-state index in [9.17, 15) is 14.7 Å². The Morgan fingerprint density at radius 1 is 0.720 bits per heavy atom. The Labute approximate surface area is 311 Å². The molecular formula is C37H71BrN2O10. The maximum atomic E-state index is 12.0. The molecule has 0 aromatic rings. The number of unbranched alkanes of at least 4 members (excludes halogenated alkanes) is 4. The molecule has 4 saturated heterocycles. The lowest BCUT2D eigenvalue weighted by Gasteiger charge is -2.24. The summed E-state index contributed by atoms with van der Waals surface area (Å²) in [5, 5.41) is 10.3. The number of ether oxygens (including phenoxy) is 7. The van der Waals surface area contributed by atoms with Crippen LogP contribution in [0, 0.1) is 0 Å². The molecule has 0 bridgehead atoms. The van der Waals surface area contributed by atoms with Gasteiger partial charge in [-0.05, 0) is 93.9 Å². The third-order valence-corrected chi connectivity index (χ3v) is 8.86. The average Bonchev–Trinajstić information content (AvgIpc) is 3.81. The lowest BCUT2D eigenvalue weighted by atomic mass is 10.1. The monoisotopic (exact) mass is 782 g/mol. The normalized spacial score (nSPS) is 22.6. The van der Waals surface area contributed by atoms with Crippen LogP contribution in [0.4, 0.5) is 9.59 Å². The van der Waals surface area contributed by atoms with E-state index in [1.807, 2.05) is 55.4 Å². The van der Waals surface area contributed by atoms with Gasteiger partial charge in [-0.2, -0.15) is 0 Å². The molecule has 4 fully saturated rings. The highest BCUT2D eigenvalue weighted by Crippen LogP contribution is 2.26. The van der Waals surface area contributed by atoms with Crippen molar-refractivity contribution in [3.8, 4) is 0 Å². The van der Waals surface area contributed by atoms with Crippen molar-refractivity contribution < 1.29 is 47.9 Å². The highest BCUT2D eigenvalue weighted by atomic mass is 79.9. The van der Waals surface area contributed by atoms with Crippen LogP contribution in [0.1, 0.15) is 127 Å². The highest BCUT2D eigenvalue weighted by Gasteiger charge is 2.32. The molecule has 4 aliphatic heterocycles. The van der Waals surface area contributed by atoms with Gasteiger partial charge in [0, 0.05) is 44.4 Å². The number of rotatable bonds is 12. The van der Waals surface area contributed by atoms with E-state index in [1.165, 1.54) is 24.2 Å². The molecule has 0 aromatic heterocycles. The number of carbonyl (C=O) groups excluding carboxylic acids is 2. The molecule has 4 rings (SSSR count). The highest BCUT2D eigenvalue weighted by molar-refractivity contribution is 9.09. The summed E-state index contributed by atoms with van der Waals surface area (Å²) in [5.74, 6) is -0.646. The second-order valence-electron chi connectivity index (χ2n) is 15.5. The van der Waals surface area contributed by atoms with Crippen molar-refractivity contribution >= 4 is 28.1 Å². The van der Waals surface area contributed by atoms with Crippen molar-refractivity contribution in [1.29, 1.82) is 0 Å². The van der Waals surface area contributed by atoms with Crippen LogP contribution in [0.3, 0.4) is 0 Å². The fourth-order valence-corrected chi connectivity index (χ4v) is 6.08. The summed E-state index contributed by atoms with van der Waals surface area (Å²) in [5.41, 5.74) is -0.899. The minimum absolute atomic E-state index is 0. The van der Waals surface area contributed by atoms with E-state index >= 15 is 0 Å². The first-order valence-electron chi connectivity index (χ1n) is 18.3. The van der Waals surface area contributed by atoms with Gasteiger partial charge in [0.25, 0.3) is 0 Å². The van der Waals surface area contributed by atoms with Crippen molar-refractivity contribution in [2.24, 2.45) is 0 Å². The van der Waals surface area contributed by atoms with Gasteiger partial charge in [-0.15, -0.1) is 0 Å². The Morgan fingerprint density at radius 3 is 1.58 bits per heavy atom. The lowest BCUT2D eigenvalue weighted by Crippen LogP contribution is -2.36. The topological polar surface area (TPSA) is 125 Å². The van der Waals surface area contributed by atoms with Crippen molar-refractivity contribution in [1.82, 2.24) is 9.80 Å². The van der Waals surface area contributed by atoms with Crippen molar-refractivity contribution in [2.75, 3.05) is 64.5 Å². The van der Waals surface area contributed by atoms with Gasteiger partial charge in [-0.25, -0.2) is 9.59 Å². The zero-order valence-corrected chi connectivity index (χ0v) is 33.3. The molecule has 50 heavy (non-hydrogen) atoms. The van der Waals surface area contributed by atoms with Gasteiger partial charge >= 0.3 is 12.2 Å². The summed E-state index contributed by atoms with van der Waals surface area (Å²) in [7, 11) is 0. The Bertz CT molecular complexity index is 946. The third-order valence-electron chi connectivity index (χ3n) is 8.30. The number of likely N-dealkylation sites (tertiary alicyclic amines) is 2. The van der Waals surface area contributed by atoms with Crippen LogP contribution in [0.15, 0.2) is 0 Å². The quantitative estimate of drug-likeness (QED) is 0.156. The van der Waals surface area contributed by atoms with Crippen LogP contribution in [-0.4, -0.2) is 127 Å². The Balaban J connectivity index is 0.000000407. The zero-order valence-electron chi connectivity index (χ0n) is 31.7. The molecule has 0 radical (unpaired) electrons. The van der Waals surface area contributed by atoms with Gasteiger partial charge in [0.05, 0.1) is 45.2 Å². The van der Waals surface area contributed by atoms with E-state index in [4.69, 9.17) is 33.2 Å². The predicted molar refractivity (Wildman–Crippen MR) is 199 cm³/mol. The second-order valence-corrected chi connectivity index (χ2v) is 16.3. The van der Waals surface area contributed by atoms with Gasteiger partial charge in [0.2, 0.25) is 0 Å². The number of alkyl halides is 1. The fraction of sp³-hybridized carbons (Fsp3) is 0.946. The molecule has 4 aliphatic rings. The fourth-order valence-electron chi connectivity index (χ4n) is 5.69. The molecule has 1 N–H and O–H groups in total. The molecule has 0 aromatic carbocycles. The van der Waals surface area contributed by atoms with Gasteiger partial charge < -0.3 is 48.1 Å². The smallest absolute Gasteiger partial charge is 0.410 e. The molecule has 0 aliphatic carbocycles. The van der Waals surface area contributed by atoms with E-state index in [1.54, 1.807) is 4.90 Å². The number of hydrogen-bond donors (Lipinski definition) is 1. The maximum absolute atomic E-state index is 12.0. The molecule has 2 atom stereocenters. The molecule has 0 unspecified atom stereocenters. The zero-order chi connectivity index (χ0) is 36.6. The first kappa shape index (κ1) is 46.8. The van der Waals surface area contributed by atoms with E-state index in [0.29, 0.717) is 45.8 Å². The van der Waals surface area contributed by atoms with Gasteiger partial charge in [-0.1, -0.05) is 36.2 Å². The van der Waals surface area contributed by atoms with Gasteiger partial charge in [-0.3, -0.25) is 0 Å². The number of hydrogen-bond acceptors (Lipinski definition) is 10. The summed E-state index contributed by atoms with van der Waals surface area (Å²) in [4.78, 5) is 26.7. The minimum Gasteiger partial charge on any atom is -0.444 e. The Hall–Kier alpha value is -1.22. The van der Waals surface area contributed by atoms with Crippen LogP contribution in [0.5, 0.6) is 0 Å². The molecular weight excluding hydrogens is 712 g/mol. The molecule has 4 heterocycles. The summed E-state index contributed by atoms with van der Waals surface area (Å²) < 4.78 is 38.6. The van der Waals surface area contributed by atoms with E-state index in [2.05, 4.69) is 15.9 Å². The first-order valence-corrected chi connectivity index (χ1v) is 19.4. The first-order chi connectivity index (χ1) is 22.9. The number of amides is 2. The summed E-state index contributed by atoms with van der Waals surface area (Å²) >= 11 is 3.41. The van der Waals surface area contributed by atoms with E-state index in [-0.39, 0.29) is 43.4 Å². The largest absolute Gasteiger partial charge is 0.444 e. The van der Waals surface area contributed by atoms with Crippen LogP contribution >= 0.6 is 15.9 Å². The summed E-state index contributed by atoms with van der Waals surface area (Å²) in [6.45, 7) is 21.2. The number of aliphatic hydroxyl groups excluding tert-OH is 1. The Kier molecular flexibility index (Phi) is 21.3.